The number of aryl methyl sites for hydroxylation is 2. The van der Waals surface area contributed by atoms with Gasteiger partial charge in [0.25, 0.3) is 5.91 Å². The van der Waals surface area contributed by atoms with E-state index in [4.69, 9.17) is 4.52 Å². The van der Waals surface area contributed by atoms with Gasteiger partial charge in [0.15, 0.2) is 0 Å². The van der Waals surface area contributed by atoms with Gasteiger partial charge in [-0.1, -0.05) is 12.1 Å². The average Bonchev–Trinajstić information content (AvgIpc) is 3.16. The minimum Gasteiger partial charge on any atom is -0.361 e. The molecule has 1 aliphatic heterocycles. The first-order chi connectivity index (χ1) is 10.6. The monoisotopic (exact) mass is 303 g/mol. The molecule has 1 fully saturated rings. The SMILES string of the molecule is CCN1CCN(C(=O)c2c(C)noc2C)C[C@H]1c1ncc[nH]1. The number of likely N-dealkylation sites (N-methyl/N-ethyl adjacent to an activating group) is 1. The van der Waals surface area contributed by atoms with E-state index in [-0.39, 0.29) is 11.9 Å². The van der Waals surface area contributed by atoms with E-state index >= 15 is 0 Å². The summed E-state index contributed by atoms with van der Waals surface area (Å²) < 4.78 is 5.12. The highest BCUT2D eigenvalue weighted by Crippen LogP contribution is 2.25. The number of aromatic amines is 1. The number of carbonyl (C=O) groups is 1. The predicted octanol–water partition coefficient (Wildman–Crippen LogP) is 1.53. The number of carbonyl (C=O) groups excluding carboxylic acids is 1. The number of nitrogens with one attached hydrogen (secondary N) is 1. The van der Waals surface area contributed by atoms with Crippen molar-refractivity contribution in [3.63, 3.8) is 0 Å². The zero-order valence-corrected chi connectivity index (χ0v) is 13.2. The Morgan fingerprint density at radius 2 is 2.27 bits per heavy atom. The van der Waals surface area contributed by atoms with E-state index in [1.54, 1.807) is 20.0 Å². The predicted molar refractivity (Wildman–Crippen MR) is 80.5 cm³/mol. The lowest BCUT2D eigenvalue weighted by Crippen LogP contribution is -2.50. The van der Waals surface area contributed by atoms with Crippen LogP contribution in [-0.4, -0.2) is 57.0 Å². The molecule has 0 aliphatic carbocycles. The number of hydrogen-bond donors (Lipinski definition) is 1. The number of piperazine rings is 1. The Morgan fingerprint density at radius 1 is 1.45 bits per heavy atom. The topological polar surface area (TPSA) is 78.3 Å². The summed E-state index contributed by atoms with van der Waals surface area (Å²) in [6.45, 7) is 8.78. The molecule has 3 heterocycles. The highest BCUT2D eigenvalue weighted by atomic mass is 16.5. The maximum absolute atomic E-state index is 12.8. The number of amides is 1. The molecule has 1 aliphatic rings. The normalized spacial score (nSPS) is 19.6. The summed E-state index contributed by atoms with van der Waals surface area (Å²) in [7, 11) is 0. The van der Waals surface area contributed by atoms with E-state index in [1.807, 2.05) is 11.1 Å². The van der Waals surface area contributed by atoms with Gasteiger partial charge in [-0.15, -0.1) is 0 Å². The molecule has 0 aromatic carbocycles. The summed E-state index contributed by atoms with van der Waals surface area (Å²) in [6, 6.07) is 0.0955. The molecule has 1 saturated heterocycles. The summed E-state index contributed by atoms with van der Waals surface area (Å²) in [6.07, 6.45) is 3.57. The van der Waals surface area contributed by atoms with Crippen LogP contribution in [0.4, 0.5) is 0 Å². The van der Waals surface area contributed by atoms with E-state index in [1.165, 1.54) is 0 Å². The van der Waals surface area contributed by atoms with Crippen LogP contribution in [0.2, 0.25) is 0 Å². The van der Waals surface area contributed by atoms with Gasteiger partial charge in [0.1, 0.15) is 17.1 Å². The molecule has 0 bridgehead atoms. The first kappa shape index (κ1) is 14.8. The lowest BCUT2D eigenvalue weighted by Gasteiger charge is -2.40. The van der Waals surface area contributed by atoms with Crippen LogP contribution in [0.15, 0.2) is 16.9 Å². The van der Waals surface area contributed by atoms with Gasteiger partial charge in [0, 0.05) is 32.0 Å². The molecule has 0 unspecified atom stereocenters. The fraction of sp³-hybridized carbons (Fsp3) is 0.533. The van der Waals surface area contributed by atoms with Crippen LogP contribution in [0.5, 0.6) is 0 Å². The van der Waals surface area contributed by atoms with E-state index in [9.17, 15) is 4.79 Å². The Kier molecular flexibility index (Phi) is 3.98. The molecule has 1 N–H and O–H groups in total. The average molecular weight is 303 g/mol. The van der Waals surface area contributed by atoms with Gasteiger partial charge in [-0.25, -0.2) is 4.98 Å². The lowest BCUT2D eigenvalue weighted by molar-refractivity contribution is 0.0478. The molecule has 0 radical (unpaired) electrons. The number of aromatic nitrogens is 3. The van der Waals surface area contributed by atoms with Crippen molar-refractivity contribution in [2.75, 3.05) is 26.2 Å². The van der Waals surface area contributed by atoms with Crippen molar-refractivity contribution in [1.29, 1.82) is 0 Å². The van der Waals surface area contributed by atoms with E-state index in [0.717, 1.165) is 18.9 Å². The lowest BCUT2D eigenvalue weighted by atomic mass is 10.1. The van der Waals surface area contributed by atoms with Crippen LogP contribution in [0.3, 0.4) is 0 Å². The second-order valence-electron chi connectivity index (χ2n) is 5.57. The Bertz CT molecular complexity index is 629. The van der Waals surface area contributed by atoms with Gasteiger partial charge in [-0.3, -0.25) is 9.69 Å². The van der Waals surface area contributed by atoms with Gasteiger partial charge in [-0.2, -0.15) is 0 Å². The molecular weight excluding hydrogens is 282 g/mol. The molecule has 2 aromatic rings. The van der Waals surface area contributed by atoms with E-state index < -0.39 is 0 Å². The second kappa shape index (κ2) is 5.92. The zero-order valence-electron chi connectivity index (χ0n) is 13.2. The van der Waals surface area contributed by atoms with Gasteiger partial charge in [-0.05, 0) is 20.4 Å². The van der Waals surface area contributed by atoms with Gasteiger partial charge in [0.05, 0.1) is 11.7 Å². The van der Waals surface area contributed by atoms with Crippen molar-refractivity contribution in [1.82, 2.24) is 24.9 Å². The number of nitrogens with zero attached hydrogens (tertiary/aromatic N) is 4. The molecule has 3 rings (SSSR count). The summed E-state index contributed by atoms with van der Waals surface area (Å²) in [5.74, 6) is 1.47. The Labute approximate surface area is 129 Å². The van der Waals surface area contributed by atoms with Crippen LogP contribution < -0.4 is 0 Å². The van der Waals surface area contributed by atoms with Gasteiger partial charge >= 0.3 is 0 Å². The van der Waals surface area contributed by atoms with Crippen molar-refractivity contribution in [3.05, 3.63) is 35.2 Å². The third kappa shape index (κ3) is 2.52. The minimum atomic E-state index is -0.0106. The maximum Gasteiger partial charge on any atom is 0.259 e. The fourth-order valence-electron chi connectivity index (χ4n) is 3.05. The van der Waals surface area contributed by atoms with Gasteiger partial charge in [0.2, 0.25) is 0 Å². The smallest absolute Gasteiger partial charge is 0.259 e. The van der Waals surface area contributed by atoms with Crippen LogP contribution in [0.1, 0.15) is 40.6 Å². The quantitative estimate of drug-likeness (QED) is 0.930. The number of rotatable bonds is 3. The maximum atomic E-state index is 12.8. The molecule has 7 nitrogen and oxygen atoms in total. The largest absolute Gasteiger partial charge is 0.361 e. The molecule has 0 saturated carbocycles. The molecule has 1 atom stereocenters. The van der Waals surface area contributed by atoms with E-state index in [0.29, 0.717) is 30.1 Å². The summed E-state index contributed by atoms with van der Waals surface area (Å²) in [5, 5.41) is 3.88. The summed E-state index contributed by atoms with van der Waals surface area (Å²) in [4.78, 5) is 24.5. The standard InChI is InChI=1S/C15H21N5O2/c1-4-19-7-8-20(9-12(19)14-16-5-6-17-14)15(21)13-10(2)18-22-11(13)3/h5-6,12H,4,7-9H2,1-3H3,(H,16,17)/t12-/m0/s1. The summed E-state index contributed by atoms with van der Waals surface area (Å²) in [5.41, 5.74) is 1.23. The minimum absolute atomic E-state index is 0.0106. The third-order valence-electron chi connectivity index (χ3n) is 4.27. The van der Waals surface area contributed by atoms with Crippen molar-refractivity contribution in [3.8, 4) is 0 Å². The molecule has 2 aromatic heterocycles. The molecule has 1 amide bonds. The second-order valence-corrected chi connectivity index (χ2v) is 5.57. The van der Waals surface area contributed by atoms with Crippen LogP contribution >= 0.6 is 0 Å². The van der Waals surface area contributed by atoms with Crippen LogP contribution in [0, 0.1) is 13.8 Å². The van der Waals surface area contributed by atoms with E-state index in [2.05, 4.69) is 26.9 Å². The molecule has 22 heavy (non-hydrogen) atoms. The van der Waals surface area contributed by atoms with Crippen molar-refractivity contribution >= 4 is 5.91 Å². The third-order valence-corrected chi connectivity index (χ3v) is 4.27. The van der Waals surface area contributed by atoms with Crippen LogP contribution in [0.25, 0.3) is 0 Å². The Balaban J connectivity index is 1.83. The number of H-pyrrole nitrogens is 1. The Hall–Kier alpha value is -2.15. The van der Waals surface area contributed by atoms with Gasteiger partial charge < -0.3 is 14.4 Å². The highest BCUT2D eigenvalue weighted by Gasteiger charge is 2.33. The number of imidazole rings is 1. The van der Waals surface area contributed by atoms with Crippen molar-refractivity contribution in [2.24, 2.45) is 0 Å². The fourth-order valence-corrected chi connectivity index (χ4v) is 3.05. The van der Waals surface area contributed by atoms with Crippen molar-refractivity contribution in [2.45, 2.75) is 26.8 Å². The zero-order chi connectivity index (χ0) is 15.7. The number of hydrogen-bond acceptors (Lipinski definition) is 5. The van der Waals surface area contributed by atoms with Crippen molar-refractivity contribution < 1.29 is 9.32 Å². The molecule has 118 valence electrons. The molecule has 7 heteroatoms. The first-order valence-corrected chi connectivity index (χ1v) is 7.57. The summed E-state index contributed by atoms with van der Waals surface area (Å²) >= 11 is 0. The molecule has 0 spiro atoms. The first-order valence-electron chi connectivity index (χ1n) is 7.57. The molecular formula is C15H21N5O2. The highest BCUT2D eigenvalue weighted by molar-refractivity contribution is 5.96. The van der Waals surface area contributed by atoms with Crippen LogP contribution in [-0.2, 0) is 0 Å². The Morgan fingerprint density at radius 3 is 2.86 bits per heavy atom.